The largest absolute Gasteiger partial charge is 0.416 e. The summed E-state index contributed by atoms with van der Waals surface area (Å²) in [5, 5.41) is 3.18. The first-order valence-electron chi connectivity index (χ1n) is 5.86. The standard InChI is InChI=1S/C13H15BrF3N/c1-8(12(2)5-6-12)18-11-7-9(13(15,16)17)3-4-10(11)14/h3-4,7-8,18H,5-6H2,1-2H3. The van der Waals surface area contributed by atoms with E-state index >= 15 is 0 Å². The Kier molecular flexibility index (Phi) is 3.38. The number of benzene rings is 1. The highest BCUT2D eigenvalue weighted by Gasteiger charge is 2.42. The number of halogens is 4. The van der Waals surface area contributed by atoms with Crippen molar-refractivity contribution in [2.45, 2.75) is 38.9 Å². The van der Waals surface area contributed by atoms with Gasteiger partial charge in [0.1, 0.15) is 0 Å². The van der Waals surface area contributed by atoms with Crippen LogP contribution >= 0.6 is 15.9 Å². The number of hydrogen-bond acceptors (Lipinski definition) is 1. The van der Waals surface area contributed by atoms with Crippen LogP contribution < -0.4 is 5.32 Å². The molecule has 1 saturated carbocycles. The molecule has 1 aromatic carbocycles. The predicted molar refractivity (Wildman–Crippen MR) is 69.6 cm³/mol. The molecule has 0 aromatic heterocycles. The molecule has 1 fully saturated rings. The van der Waals surface area contributed by atoms with Crippen LogP contribution in [0.3, 0.4) is 0 Å². The van der Waals surface area contributed by atoms with Crippen LogP contribution in [0.2, 0.25) is 0 Å². The molecule has 1 nitrogen and oxygen atoms in total. The number of anilines is 1. The second kappa shape index (κ2) is 4.44. The molecule has 0 amide bonds. The van der Waals surface area contributed by atoms with E-state index in [4.69, 9.17) is 0 Å². The lowest BCUT2D eigenvalue weighted by Gasteiger charge is -2.23. The van der Waals surface area contributed by atoms with Crippen molar-refractivity contribution in [1.82, 2.24) is 0 Å². The lowest BCUT2D eigenvalue weighted by molar-refractivity contribution is -0.137. The molecule has 1 N–H and O–H groups in total. The Hall–Kier alpha value is -0.710. The zero-order chi connectivity index (χ0) is 13.6. The molecule has 0 saturated heterocycles. The third-order valence-corrected chi connectivity index (χ3v) is 4.44. The third-order valence-electron chi connectivity index (χ3n) is 3.75. The van der Waals surface area contributed by atoms with Crippen molar-refractivity contribution in [3.63, 3.8) is 0 Å². The Balaban J connectivity index is 2.21. The van der Waals surface area contributed by atoms with Gasteiger partial charge in [-0.2, -0.15) is 13.2 Å². The van der Waals surface area contributed by atoms with Gasteiger partial charge < -0.3 is 5.32 Å². The Morgan fingerprint density at radius 2 is 1.94 bits per heavy atom. The van der Waals surface area contributed by atoms with E-state index in [2.05, 4.69) is 28.2 Å². The molecule has 0 radical (unpaired) electrons. The van der Waals surface area contributed by atoms with Crippen LogP contribution in [0.5, 0.6) is 0 Å². The average molecular weight is 322 g/mol. The Bertz CT molecular complexity index is 452. The van der Waals surface area contributed by atoms with Gasteiger partial charge in [0.15, 0.2) is 0 Å². The summed E-state index contributed by atoms with van der Waals surface area (Å²) in [4.78, 5) is 0. The number of rotatable bonds is 3. The lowest BCUT2D eigenvalue weighted by Crippen LogP contribution is -2.25. The van der Waals surface area contributed by atoms with Gasteiger partial charge >= 0.3 is 6.18 Å². The van der Waals surface area contributed by atoms with Crippen molar-refractivity contribution in [1.29, 1.82) is 0 Å². The molecule has 0 heterocycles. The Morgan fingerprint density at radius 3 is 2.44 bits per heavy atom. The van der Waals surface area contributed by atoms with Crippen LogP contribution in [0.1, 0.15) is 32.3 Å². The zero-order valence-electron chi connectivity index (χ0n) is 10.2. The van der Waals surface area contributed by atoms with E-state index in [0.717, 1.165) is 25.0 Å². The minimum absolute atomic E-state index is 0.164. The van der Waals surface area contributed by atoms with Crippen LogP contribution in [-0.4, -0.2) is 6.04 Å². The molecule has 1 aliphatic rings. The zero-order valence-corrected chi connectivity index (χ0v) is 11.8. The van der Waals surface area contributed by atoms with Gasteiger partial charge in [-0.05, 0) is 59.3 Å². The average Bonchev–Trinajstić information content (AvgIpc) is 2.99. The van der Waals surface area contributed by atoms with Crippen molar-refractivity contribution >= 4 is 21.6 Å². The summed E-state index contributed by atoms with van der Waals surface area (Å²) in [5.41, 5.74) is 0.0972. The molecule has 1 unspecified atom stereocenters. The second-order valence-corrected chi connectivity index (χ2v) is 6.07. The van der Waals surface area contributed by atoms with E-state index < -0.39 is 11.7 Å². The van der Waals surface area contributed by atoms with E-state index in [1.807, 2.05) is 6.92 Å². The summed E-state index contributed by atoms with van der Waals surface area (Å²) in [5.74, 6) is 0. The summed E-state index contributed by atoms with van der Waals surface area (Å²) in [6.07, 6.45) is -2.06. The molecule has 0 bridgehead atoms. The monoisotopic (exact) mass is 321 g/mol. The van der Waals surface area contributed by atoms with Crippen molar-refractivity contribution in [3.8, 4) is 0 Å². The highest BCUT2D eigenvalue weighted by molar-refractivity contribution is 9.10. The van der Waals surface area contributed by atoms with Gasteiger partial charge in [0.2, 0.25) is 0 Å². The second-order valence-electron chi connectivity index (χ2n) is 5.21. The first-order chi connectivity index (χ1) is 8.22. The Labute approximate surface area is 113 Å². The molecule has 100 valence electrons. The molecule has 0 spiro atoms. The van der Waals surface area contributed by atoms with Crippen molar-refractivity contribution in [2.75, 3.05) is 5.32 Å². The van der Waals surface area contributed by atoms with Gasteiger partial charge in [0, 0.05) is 16.2 Å². The van der Waals surface area contributed by atoms with Crippen LogP contribution in [0, 0.1) is 5.41 Å². The van der Waals surface area contributed by atoms with Gasteiger partial charge in [-0.1, -0.05) is 6.92 Å². The molecule has 2 rings (SSSR count). The smallest absolute Gasteiger partial charge is 0.381 e. The van der Waals surface area contributed by atoms with Gasteiger partial charge in [0.25, 0.3) is 0 Å². The van der Waals surface area contributed by atoms with Gasteiger partial charge in [-0.15, -0.1) is 0 Å². The molecular weight excluding hydrogens is 307 g/mol. The van der Waals surface area contributed by atoms with Gasteiger partial charge in [-0.25, -0.2) is 0 Å². The minimum Gasteiger partial charge on any atom is -0.381 e. The molecule has 18 heavy (non-hydrogen) atoms. The van der Waals surface area contributed by atoms with Crippen LogP contribution in [0.25, 0.3) is 0 Å². The van der Waals surface area contributed by atoms with Crippen molar-refractivity contribution < 1.29 is 13.2 Å². The predicted octanol–water partition coefficient (Wildman–Crippen LogP) is 5.07. The quantitative estimate of drug-likeness (QED) is 0.819. The molecule has 0 aliphatic heterocycles. The molecule has 1 atom stereocenters. The Morgan fingerprint density at radius 1 is 1.33 bits per heavy atom. The SMILES string of the molecule is CC(Nc1cc(C(F)(F)F)ccc1Br)C1(C)CC1. The number of hydrogen-bond donors (Lipinski definition) is 1. The van der Waals surface area contributed by atoms with E-state index in [1.54, 1.807) is 0 Å². The maximum Gasteiger partial charge on any atom is 0.416 e. The van der Waals surface area contributed by atoms with Crippen molar-refractivity contribution in [2.24, 2.45) is 5.41 Å². The lowest BCUT2D eigenvalue weighted by atomic mass is 10.0. The van der Waals surface area contributed by atoms with E-state index in [-0.39, 0.29) is 11.5 Å². The fourth-order valence-electron chi connectivity index (χ4n) is 1.85. The normalized spacial score (nSPS) is 19.4. The highest BCUT2D eigenvalue weighted by Crippen LogP contribution is 2.49. The highest BCUT2D eigenvalue weighted by atomic mass is 79.9. The molecular formula is C13H15BrF3N. The molecule has 5 heteroatoms. The molecule has 1 aliphatic carbocycles. The van der Waals surface area contributed by atoms with Crippen LogP contribution in [0.15, 0.2) is 22.7 Å². The van der Waals surface area contributed by atoms with Gasteiger partial charge in [-0.3, -0.25) is 0 Å². The van der Waals surface area contributed by atoms with Gasteiger partial charge in [0.05, 0.1) is 5.56 Å². The maximum atomic E-state index is 12.6. The van der Waals surface area contributed by atoms with Crippen LogP contribution in [-0.2, 0) is 6.18 Å². The fourth-order valence-corrected chi connectivity index (χ4v) is 2.21. The molecule has 1 aromatic rings. The summed E-state index contributed by atoms with van der Waals surface area (Å²) in [6.45, 7) is 4.16. The van der Waals surface area contributed by atoms with E-state index in [1.165, 1.54) is 6.07 Å². The summed E-state index contributed by atoms with van der Waals surface area (Å²) >= 11 is 3.28. The summed E-state index contributed by atoms with van der Waals surface area (Å²) < 4.78 is 38.6. The summed E-state index contributed by atoms with van der Waals surface area (Å²) in [7, 11) is 0. The van der Waals surface area contributed by atoms with Crippen LogP contribution in [0.4, 0.5) is 18.9 Å². The first-order valence-corrected chi connectivity index (χ1v) is 6.65. The van der Waals surface area contributed by atoms with E-state index in [9.17, 15) is 13.2 Å². The first kappa shape index (κ1) is 13.7. The van der Waals surface area contributed by atoms with Crippen molar-refractivity contribution in [3.05, 3.63) is 28.2 Å². The van der Waals surface area contributed by atoms with E-state index in [0.29, 0.717) is 10.2 Å². The summed E-state index contributed by atoms with van der Waals surface area (Å²) in [6, 6.07) is 3.84. The number of alkyl halides is 3. The fraction of sp³-hybridized carbons (Fsp3) is 0.538. The maximum absolute atomic E-state index is 12.6. The topological polar surface area (TPSA) is 12.0 Å². The number of nitrogens with one attached hydrogen (secondary N) is 1. The minimum atomic E-state index is -4.30. The third kappa shape index (κ3) is 2.82.